The summed E-state index contributed by atoms with van der Waals surface area (Å²) in [7, 11) is 0. The van der Waals surface area contributed by atoms with Crippen LogP contribution in [0.1, 0.15) is 10.5 Å². The van der Waals surface area contributed by atoms with Gasteiger partial charge in [-0.15, -0.1) is 0 Å². The molecule has 0 fully saturated rings. The minimum atomic E-state index is -0.997. The van der Waals surface area contributed by atoms with Gasteiger partial charge in [0.25, 0.3) is 0 Å². The number of aromatic amines is 1. The van der Waals surface area contributed by atoms with Crippen LogP contribution in [-0.4, -0.2) is 21.2 Å². The number of hydrogen-bond donors (Lipinski definition) is 3. The Morgan fingerprint density at radius 3 is 2.40 bits per heavy atom. The van der Waals surface area contributed by atoms with Crippen molar-refractivity contribution in [1.82, 2.24) is 4.98 Å². The van der Waals surface area contributed by atoms with E-state index in [1.54, 1.807) is 24.4 Å². The van der Waals surface area contributed by atoms with Crippen LogP contribution in [0, 0.1) is 0 Å². The topological polar surface area (TPSA) is 73.3 Å². The molecule has 0 aliphatic carbocycles. The number of rotatable bonds is 2. The first kappa shape index (κ1) is 9.33. The number of aromatic nitrogens is 1. The van der Waals surface area contributed by atoms with Gasteiger partial charge in [0, 0.05) is 11.8 Å². The van der Waals surface area contributed by atoms with E-state index in [2.05, 4.69) is 4.98 Å². The maximum absolute atomic E-state index is 10.8. The van der Waals surface area contributed by atoms with Crippen LogP contribution in [0.2, 0.25) is 0 Å². The molecule has 0 aliphatic rings. The van der Waals surface area contributed by atoms with E-state index in [-0.39, 0.29) is 11.4 Å². The number of nitrogens with one attached hydrogen (secondary N) is 1. The number of aromatic carboxylic acids is 1. The van der Waals surface area contributed by atoms with E-state index in [1.807, 2.05) is 0 Å². The molecule has 1 heterocycles. The van der Waals surface area contributed by atoms with E-state index in [0.717, 1.165) is 5.56 Å². The van der Waals surface area contributed by atoms with Crippen LogP contribution in [0.4, 0.5) is 0 Å². The van der Waals surface area contributed by atoms with Gasteiger partial charge in [-0.1, -0.05) is 12.1 Å². The van der Waals surface area contributed by atoms with E-state index < -0.39 is 5.97 Å². The quantitative estimate of drug-likeness (QED) is 0.699. The number of carboxylic acids is 1. The van der Waals surface area contributed by atoms with Gasteiger partial charge >= 0.3 is 5.97 Å². The van der Waals surface area contributed by atoms with Crippen molar-refractivity contribution in [1.29, 1.82) is 0 Å². The molecule has 0 unspecified atom stereocenters. The number of benzene rings is 1. The number of hydrogen-bond acceptors (Lipinski definition) is 2. The van der Waals surface area contributed by atoms with Crippen molar-refractivity contribution >= 4 is 5.97 Å². The van der Waals surface area contributed by atoms with Crippen LogP contribution in [0.15, 0.2) is 36.5 Å². The normalized spacial score (nSPS) is 10.1. The molecule has 0 bridgehead atoms. The SMILES string of the molecule is O=C(O)c1[nH]ccc1-c1ccc(O)cc1. The maximum Gasteiger partial charge on any atom is 0.352 e. The fraction of sp³-hybridized carbons (Fsp3) is 0. The van der Waals surface area contributed by atoms with Crippen LogP contribution in [0.5, 0.6) is 5.75 Å². The summed E-state index contributed by atoms with van der Waals surface area (Å²) in [5, 5.41) is 18.0. The minimum absolute atomic E-state index is 0.153. The summed E-state index contributed by atoms with van der Waals surface area (Å²) in [6, 6.07) is 8.08. The lowest BCUT2D eigenvalue weighted by molar-refractivity contribution is 0.0692. The molecule has 76 valence electrons. The summed E-state index contributed by atoms with van der Waals surface area (Å²) in [6.07, 6.45) is 1.58. The van der Waals surface area contributed by atoms with Crippen molar-refractivity contribution in [2.24, 2.45) is 0 Å². The summed E-state index contributed by atoms with van der Waals surface area (Å²) < 4.78 is 0. The molecule has 0 amide bonds. The summed E-state index contributed by atoms with van der Waals surface area (Å²) in [4.78, 5) is 13.5. The van der Waals surface area contributed by atoms with Crippen molar-refractivity contribution in [2.45, 2.75) is 0 Å². The maximum atomic E-state index is 10.8. The lowest BCUT2D eigenvalue weighted by Gasteiger charge is -2.00. The molecular weight excluding hydrogens is 194 g/mol. The van der Waals surface area contributed by atoms with Crippen LogP contribution in [0.3, 0.4) is 0 Å². The first-order valence-corrected chi connectivity index (χ1v) is 4.38. The Morgan fingerprint density at radius 2 is 1.80 bits per heavy atom. The molecule has 0 saturated heterocycles. The average Bonchev–Trinajstić information content (AvgIpc) is 2.67. The highest BCUT2D eigenvalue weighted by Crippen LogP contribution is 2.24. The Morgan fingerprint density at radius 1 is 1.13 bits per heavy atom. The Balaban J connectivity index is 2.49. The molecule has 1 aromatic heterocycles. The molecule has 4 heteroatoms. The van der Waals surface area contributed by atoms with Gasteiger partial charge in [0.15, 0.2) is 0 Å². The van der Waals surface area contributed by atoms with Gasteiger partial charge in [-0.3, -0.25) is 0 Å². The molecule has 0 atom stereocenters. The highest BCUT2D eigenvalue weighted by Gasteiger charge is 2.12. The smallest absolute Gasteiger partial charge is 0.352 e. The van der Waals surface area contributed by atoms with Crippen molar-refractivity contribution in [3.05, 3.63) is 42.2 Å². The molecule has 0 saturated carbocycles. The van der Waals surface area contributed by atoms with Gasteiger partial charge in [-0.25, -0.2) is 4.79 Å². The van der Waals surface area contributed by atoms with Crippen LogP contribution < -0.4 is 0 Å². The van der Waals surface area contributed by atoms with Crippen LogP contribution in [-0.2, 0) is 0 Å². The number of aromatic hydroxyl groups is 1. The second-order valence-corrected chi connectivity index (χ2v) is 3.12. The fourth-order valence-electron chi connectivity index (χ4n) is 1.43. The molecule has 0 radical (unpaired) electrons. The van der Waals surface area contributed by atoms with Gasteiger partial charge in [-0.05, 0) is 23.8 Å². The van der Waals surface area contributed by atoms with E-state index in [9.17, 15) is 4.79 Å². The summed E-state index contributed by atoms with van der Waals surface area (Å²) in [5.41, 5.74) is 1.52. The zero-order chi connectivity index (χ0) is 10.8. The third kappa shape index (κ3) is 1.69. The van der Waals surface area contributed by atoms with Crippen LogP contribution in [0.25, 0.3) is 11.1 Å². The monoisotopic (exact) mass is 203 g/mol. The van der Waals surface area contributed by atoms with Gasteiger partial charge < -0.3 is 15.2 Å². The fourth-order valence-corrected chi connectivity index (χ4v) is 1.43. The number of carbonyl (C=O) groups is 1. The standard InChI is InChI=1S/C11H9NO3/c13-8-3-1-7(2-4-8)9-5-6-12-10(9)11(14)15/h1-6,12-13H,(H,14,15). The summed E-state index contributed by atoms with van der Waals surface area (Å²) >= 11 is 0. The molecular formula is C11H9NO3. The Hall–Kier alpha value is -2.23. The highest BCUT2D eigenvalue weighted by molar-refractivity contribution is 5.94. The lowest BCUT2D eigenvalue weighted by atomic mass is 10.1. The summed E-state index contributed by atoms with van der Waals surface area (Å²) in [5.74, 6) is -0.839. The Bertz CT molecular complexity index is 485. The molecule has 4 nitrogen and oxygen atoms in total. The van der Waals surface area contributed by atoms with E-state index in [4.69, 9.17) is 10.2 Å². The zero-order valence-corrected chi connectivity index (χ0v) is 7.77. The van der Waals surface area contributed by atoms with E-state index >= 15 is 0 Å². The zero-order valence-electron chi connectivity index (χ0n) is 7.77. The molecule has 2 aromatic rings. The van der Waals surface area contributed by atoms with Crippen LogP contribution >= 0.6 is 0 Å². The first-order valence-electron chi connectivity index (χ1n) is 4.38. The van der Waals surface area contributed by atoms with Gasteiger partial charge in [0.2, 0.25) is 0 Å². The molecule has 3 N–H and O–H groups in total. The van der Waals surface area contributed by atoms with E-state index in [0.29, 0.717) is 5.56 Å². The van der Waals surface area contributed by atoms with Gasteiger partial charge in [0.05, 0.1) is 0 Å². The first-order chi connectivity index (χ1) is 7.18. The molecule has 15 heavy (non-hydrogen) atoms. The van der Waals surface area contributed by atoms with Crippen molar-refractivity contribution in [3.63, 3.8) is 0 Å². The Labute approximate surface area is 85.8 Å². The highest BCUT2D eigenvalue weighted by atomic mass is 16.4. The average molecular weight is 203 g/mol. The molecule has 1 aromatic carbocycles. The second-order valence-electron chi connectivity index (χ2n) is 3.12. The molecule has 0 spiro atoms. The lowest BCUT2D eigenvalue weighted by Crippen LogP contribution is -1.98. The van der Waals surface area contributed by atoms with Crippen molar-refractivity contribution in [2.75, 3.05) is 0 Å². The molecule has 2 rings (SSSR count). The number of H-pyrrole nitrogens is 1. The predicted octanol–water partition coefficient (Wildman–Crippen LogP) is 2.09. The third-order valence-corrected chi connectivity index (χ3v) is 2.14. The number of phenolic OH excluding ortho intramolecular Hbond substituents is 1. The van der Waals surface area contributed by atoms with Gasteiger partial charge in [-0.2, -0.15) is 0 Å². The molecule has 0 aliphatic heterocycles. The largest absolute Gasteiger partial charge is 0.508 e. The number of phenols is 1. The van der Waals surface area contributed by atoms with Crippen molar-refractivity contribution < 1.29 is 15.0 Å². The van der Waals surface area contributed by atoms with Crippen molar-refractivity contribution in [3.8, 4) is 16.9 Å². The minimum Gasteiger partial charge on any atom is -0.508 e. The third-order valence-electron chi connectivity index (χ3n) is 2.14. The summed E-state index contributed by atoms with van der Waals surface area (Å²) in [6.45, 7) is 0. The Kier molecular flexibility index (Phi) is 2.17. The predicted molar refractivity (Wildman–Crippen MR) is 54.9 cm³/mol. The van der Waals surface area contributed by atoms with Gasteiger partial charge in [0.1, 0.15) is 11.4 Å². The van der Waals surface area contributed by atoms with E-state index in [1.165, 1.54) is 12.1 Å². The number of carboxylic acid groups (broad SMARTS) is 1. The second kappa shape index (κ2) is 3.49.